The van der Waals surface area contributed by atoms with Crippen molar-refractivity contribution in [2.24, 2.45) is 0 Å². The molecule has 3 saturated carbocycles. The highest BCUT2D eigenvalue weighted by atomic mass is 16.5. The molecule has 0 atom stereocenters. The van der Waals surface area contributed by atoms with Crippen LogP contribution in [0.25, 0.3) is 0 Å². The number of fused-ring (bicyclic) bond motifs is 2. The van der Waals surface area contributed by atoms with E-state index in [0.29, 0.717) is 22.6 Å². The van der Waals surface area contributed by atoms with E-state index in [4.69, 9.17) is 4.74 Å². The molecule has 1 N–H and O–H groups in total. The summed E-state index contributed by atoms with van der Waals surface area (Å²) in [5.41, 5.74) is 1.41. The Hall–Kier alpha value is -2.29. The van der Waals surface area contributed by atoms with Gasteiger partial charge in [0, 0.05) is 11.1 Å². The molecule has 0 saturated heterocycles. The van der Waals surface area contributed by atoms with Crippen LogP contribution in [0, 0.1) is 0 Å². The second-order valence-corrected chi connectivity index (χ2v) is 14.6. The number of hydrogen-bond acceptors (Lipinski definition) is 2. The van der Waals surface area contributed by atoms with Crippen molar-refractivity contribution in [2.75, 3.05) is 0 Å². The van der Waals surface area contributed by atoms with Gasteiger partial charge >= 0.3 is 5.97 Å². The number of rotatable bonds is 1. The van der Waals surface area contributed by atoms with Crippen molar-refractivity contribution >= 4 is 5.97 Å². The summed E-state index contributed by atoms with van der Waals surface area (Å²) in [6, 6.07) is 14.5. The third kappa shape index (κ3) is 17.6. The molecule has 3 heteroatoms. The van der Waals surface area contributed by atoms with Gasteiger partial charge in [-0.3, -0.25) is 4.79 Å². The monoisotopic (exact) mass is 647 g/mol. The summed E-state index contributed by atoms with van der Waals surface area (Å²) in [6.45, 7) is 0. The average molecular weight is 647 g/mol. The summed E-state index contributed by atoms with van der Waals surface area (Å²) in [4.78, 5) is 11.4. The Labute approximate surface area is 289 Å². The van der Waals surface area contributed by atoms with E-state index in [2.05, 4.69) is 0 Å². The number of ether oxygens (including phenoxy) is 1. The van der Waals surface area contributed by atoms with Gasteiger partial charge in [0.05, 0.1) is 0 Å². The maximum absolute atomic E-state index is 11.4. The van der Waals surface area contributed by atoms with Gasteiger partial charge in [0.2, 0.25) is 0 Å². The third-order valence-electron chi connectivity index (χ3n) is 10.4. The molecule has 0 bridgehead atoms. The fourth-order valence-corrected chi connectivity index (χ4v) is 7.48. The normalized spacial score (nSPS) is 20.2. The second-order valence-electron chi connectivity index (χ2n) is 14.6. The van der Waals surface area contributed by atoms with Crippen LogP contribution in [-0.2, 0) is 4.79 Å². The van der Waals surface area contributed by atoms with Crippen molar-refractivity contribution < 1.29 is 14.6 Å². The van der Waals surface area contributed by atoms with E-state index >= 15 is 0 Å². The second kappa shape index (κ2) is 26.6. The van der Waals surface area contributed by atoms with E-state index in [9.17, 15) is 9.90 Å². The molecule has 0 amide bonds. The van der Waals surface area contributed by atoms with Crippen LogP contribution < -0.4 is 4.74 Å². The zero-order valence-corrected chi connectivity index (χ0v) is 30.2. The predicted molar refractivity (Wildman–Crippen MR) is 201 cm³/mol. The Morgan fingerprint density at radius 3 is 0.766 bits per heavy atom. The average Bonchev–Trinajstić information content (AvgIpc) is 3.12. The fourth-order valence-electron chi connectivity index (χ4n) is 7.48. The molecule has 4 aliphatic rings. The molecule has 3 fully saturated rings. The summed E-state index contributed by atoms with van der Waals surface area (Å²) < 4.78 is 5.69. The summed E-state index contributed by atoms with van der Waals surface area (Å²) in [5.74, 6) is -0.249. The number of benzene rings is 2. The Kier molecular flexibility index (Phi) is 22.2. The van der Waals surface area contributed by atoms with Crippen LogP contribution in [0.4, 0.5) is 0 Å². The SMILES string of the molecule is C1CCCCCCCCC1.C1CCCCCCCCC1.C1CCCCCCCCC1.O=C(O)C1c2ccccc2Oc2ccccc21. The first kappa shape index (κ1) is 39.2. The number of hydrogen-bond donors (Lipinski definition) is 1. The molecule has 0 aromatic heterocycles. The van der Waals surface area contributed by atoms with Gasteiger partial charge in [-0.25, -0.2) is 0 Å². The standard InChI is InChI=1S/C14H10O3.3C10H20/c15-14(16)13-9-5-1-3-7-11(9)17-12-8-4-2-6-10(12)13;3*1-2-4-6-8-10-9-7-5-3-1/h1-8,13H,(H,15,16);3*1-10H2. The van der Waals surface area contributed by atoms with Gasteiger partial charge in [0.25, 0.3) is 0 Å². The number of carbonyl (C=O) groups is 1. The molecule has 47 heavy (non-hydrogen) atoms. The molecule has 0 spiro atoms. The summed E-state index contributed by atoms with van der Waals surface area (Å²) in [7, 11) is 0. The van der Waals surface area contributed by atoms with Gasteiger partial charge in [-0.05, 0) is 12.1 Å². The van der Waals surface area contributed by atoms with Crippen molar-refractivity contribution in [3.05, 3.63) is 59.7 Å². The van der Waals surface area contributed by atoms with Crippen LogP contribution in [0.3, 0.4) is 0 Å². The maximum atomic E-state index is 11.4. The fraction of sp³-hybridized carbons (Fsp3) is 0.705. The molecule has 2 aromatic rings. The van der Waals surface area contributed by atoms with Crippen LogP contribution in [-0.4, -0.2) is 11.1 Å². The first-order chi connectivity index (χ1) is 23.3. The highest BCUT2D eigenvalue weighted by molar-refractivity contribution is 5.83. The van der Waals surface area contributed by atoms with Crippen molar-refractivity contribution in [3.8, 4) is 11.5 Å². The van der Waals surface area contributed by atoms with Crippen molar-refractivity contribution in [1.29, 1.82) is 0 Å². The Balaban J connectivity index is 0.000000177. The maximum Gasteiger partial charge on any atom is 0.315 e. The first-order valence-electron chi connectivity index (χ1n) is 20.4. The predicted octanol–water partition coefficient (Wildman–Crippen LogP) is 14.7. The zero-order valence-electron chi connectivity index (χ0n) is 30.2. The van der Waals surface area contributed by atoms with E-state index in [1.54, 1.807) is 24.3 Å². The van der Waals surface area contributed by atoms with Crippen LogP contribution in [0.2, 0.25) is 0 Å². The van der Waals surface area contributed by atoms with Gasteiger partial charge < -0.3 is 9.84 Å². The van der Waals surface area contributed by atoms with Crippen LogP contribution in [0.5, 0.6) is 11.5 Å². The smallest absolute Gasteiger partial charge is 0.315 e. The van der Waals surface area contributed by atoms with Crippen molar-refractivity contribution in [1.82, 2.24) is 0 Å². The summed E-state index contributed by atoms with van der Waals surface area (Å²) in [6.07, 6.45) is 45.0. The minimum atomic E-state index is -0.854. The van der Waals surface area contributed by atoms with Gasteiger partial charge in [-0.1, -0.05) is 229 Å². The van der Waals surface area contributed by atoms with E-state index in [1.807, 2.05) is 24.3 Å². The van der Waals surface area contributed by atoms with E-state index in [-0.39, 0.29) is 0 Å². The number of para-hydroxylation sites is 2. The lowest BCUT2D eigenvalue weighted by molar-refractivity contribution is -0.137. The highest BCUT2D eigenvalue weighted by Crippen LogP contribution is 2.43. The largest absolute Gasteiger partial charge is 0.481 e. The molecule has 3 aliphatic carbocycles. The Morgan fingerprint density at radius 2 is 0.574 bits per heavy atom. The lowest BCUT2D eigenvalue weighted by atomic mass is 9.88. The first-order valence-corrected chi connectivity index (χ1v) is 20.4. The van der Waals surface area contributed by atoms with Gasteiger partial charge in [-0.2, -0.15) is 0 Å². The lowest BCUT2D eigenvalue weighted by Gasteiger charge is -2.25. The van der Waals surface area contributed by atoms with Crippen LogP contribution >= 0.6 is 0 Å². The Bertz CT molecular complexity index is 853. The quantitative estimate of drug-likeness (QED) is 0.335. The highest BCUT2D eigenvalue weighted by Gasteiger charge is 2.31. The minimum Gasteiger partial charge on any atom is -0.481 e. The van der Waals surface area contributed by atoms with Gasteiger partial charge in [-0.15, -0.1) is 0 Å². The molecule has 2 aromatic carbocycles. The van der Waals surface area contributed by atoms with E-state index < -0.39 is 11.9 Å². The van der Waals surface area contributed by atoms with Crippen molar-refractivity contribution in [3.63, 3.8) is 0 Å². The molecule has 6 rings (SSSR count). The van der Waals surface area contributed by atoms with Crippen molar-refractivity contribution in [2.45, 2.75) is 199 Å². The minimum absolute atomic E-state index is 0.624. The van der Waals surface area contributed by atoms with Gasteiger partial charge in [0.1, 0.15) is 17.4 Å². The molecular formula is C44H70O3. The lowest BCUT2D eigenvalue weighted by Crippen LogP contribution is -2.18. The molecule has 0 radical (unpaired) electrons. The van der Waals surface area contributed by atoms with Gasteiger partial charge in [0.15, 0.2) is 0 Å². The van der Waals surface area contributed by atoms with Crippen LogP contribution in [0.1, 0.15) is 210 Å². The molecule has 3 nitrogen and oxygen atoms in total. The molecule has 264 valence electrons. The third-order valence-corrected chi connectivity index (χ3v) is 10.4. The zero-order chi connectivity index (χ0) is 33.0. The topological polar surface area (TPSA) is 46.5 Å². The molecule has 1 aliphatic heterocycles. The molecule has 0 unspecified atom stereocenters. The van der Waals surface area contributed by atoms with E-state index in [1.165, 1.54) is 193 Å². The molecule has 1 heterocycles. The van der Waals surface area contributed by atoms with E-state index in [0.717, 1.165) is 0 Å². The number of carboxylic acids is 1. The summed E-state index contributed by atoms with van der Waals surface area (Å²) >= 11 is 0. The summed E-state index contributed by atoms with van der Waals surface area (Å²) in [5, 5.41) is 9.38. The number of aliphatic carboxylic acids is 1. The molecular weight excluding hydrogens is 576 g/mol. The number of carboxylic acid groups (broad SMARTS) is 1. The van der Waals surface area contributed by atoms with Crippen LogP contribution in [0.15, 0.2) is 48.5 Å². The Morgan fingerprint density at radius 1 is 0.383 bits per heavy atom.